The van der Waals surface area contributed by atoms with Crippen molar-refractivity contribution in [1.29, 1.82) is 0 Å². The molecule has 0 saturated heterocycles. The number of alkyl halides is 2. The molecule has 6 nitrogen and oxygen atoms in total. The molecule has 2 aromatic rings. The van der Waals surface area contributed by atoms with Gasteiger partial charge >= 0.3 is 6.61 Å². The van der Waals surface area contributed by atoms with Crippen molar-refractivity contribution >= 4 is 5.82 Å². The van der Waals surface area contributed by atoms with Crippen LogP contribution in [0.25, 0.3) is 0 Å². The minimum atomic E-state index is -2.86. The first-order valence-corrected chi connectivity index (χ1v) is 6.66. The van der Waals surface area contributed by atoms with Crippen molar-refractivity contribution in [2.75, 3.05) is 5.32 Å². The summed E-state index contributed by atoms with van der Waals surface area (Å²) in [5.74, 6) is 0.906. The van der Waals surface area contributed by atoms with Crippen molar-refractivity contribution < 1.29 is 18.3 Å². The molecule has 0 aliphatic carbocycles. The van der Waals surface area contributed by atoms with E-state index in [0.717, 1.165) is 0 Å². The summed E-state index contributed by atoms with van der Waals surface area (Å²) in [6.07, 6.45) is 4.30. The van der Waals surface area contributed by atoms with Crippen LogP contribution in [0.5, 0.6) is 11.6 Å². The van der Waals surface area contributed by atoms with Gasteiger partial charge in [0.25, 0.3) is 5.88 Å². The molecule has 0 amide bonds. The summed E-state index contributed by atoms with van der Waals surface area (Å²) < 4.78 is 33.9. The van der Waals surface area contributed by atoms with Gasteiger partial charge in [-0.05, 0) is 26.0 Å². The Kier molecular flexibility index (Phi) is 5.40. The maximum absolute atomic E-state index is 12.0. The first kappa shape index (κ1) is 15.9. The highest BCUT2D eigenvalue weighted by atomic mass is 19.3. The molecule has 0 spiro atoms. The fraction of sp³-hybridized carbons (Fsp3) is 0.357. The number of nitrogens with one attached hydrogen (secondary N) is 1. The molecule has 0 atom stereocenters. The molecule has 0 radical (unpaired) electrons. The molecule has 0 aliphatic rings. The summed E-state index contributed by atoms with van der Waals surface area (Å²) in [5.41, 5.74) is 0.641. The Labute approximate surface area is 126 Å². The Morgan fingerprint density at radius 2 is 1.86 bits per heavy atom. The molecule has 2 rings (SSSR count). The zero-order chi connectivity index (χ0) is 15.9. The van der Waals surface area contributed by atoms with Crippen LogP contribution in [0.2, 0.25) is 0 Å². The van der Waals surface area contributed by atoms with Crippen molar-refractivity contribution in [2.24, 2.45) is 0 Å². The van der Waals surface area contributed by atoms with E-state index in [9.17, 15) is 8.78 Å². The van der Waals surface area contributed by atoms with Crippen molar-refractivity contribution in [3.63, 3.8) is 0 Å². The van der Waals surface area contributed by atoms with E-state index in [0.29, 0.717) is 23.9 Å². The molecule has 2 aromatic heterocycles. The second-order valence-electron chi connectivity index (χ2n) is 4.59. The third kappa shape index (κ3) is 4.80. The molecule has 0 bridgehead atoms. The Morgan fingerprint density at radius 1 is 1.09 bits per heavy atom. The Hall–Kier alpha value is -2.51. The van der Waals surface area contributed by atoms with E-state index in [-0.39, 0.29) is 11.9 Å². The standard InChI is InChI=1S/C14H16F2N4O2/c1-9(2)21-13-12(17-5-6-18-13)20-7-10-3-4-11(8-19-10)22-14(15)16/h3-6,8-9,14H,7H2,1-2H3,(H,17,20). The van der Waals surface area contributed by atoms with Crippen LogP contribution < -0.4 is 14.8 Å². The predicted molar refractivity (Wildman–Crippen MR) is 76.0 cm³/mol. The maximum Gasteiger partial charge on any atom is 0.387 e. The highest BCUT2D eigenvalue weighted by Gasteiger charge is 2.09. The van der Waals surface area contributed by atoms with Crippen LogP contribution in [0, 0.1) is 0 Å². The van der Waals surface area contributed by atoms with Gasteiger partial charge in [0, 0.05) is 12.4 Å². The zero-order valence-corrected chi connectivity index (χ0v) is 12.2. The van der Waals surface area contributed by atoms with Crippen LogP contribution in [0.3, 0.4) is 0 Å². The van der Waals surface area contributed by atoms with Crippen LogP contribution >= 0.6 is 0 Å². The largest absolute Gasteiger partial charge is 0.472 e. The Morgan fingerprint density at radius 3 is 2.50 bits per heavy atom. The number of hydrogen-bond acceptors (Lipinski definition) is 6. The van der Waals surface area contributed by atoms with Gasteiger partial charge in [-0.3, -0.25) is 4.98 Å². The third-order valence-electron chi connectivity index (χ3n) is 2.47. The van der Waals surface area contributed by atoms with E-state index >= 15 is 0 Å². The molecular weight excluding hydrogens is 294 g/mol. The summed E-state index contributed by atoms with van der Waals surface area (Å²) in [5, 5.41) is 3.05. The summed E-state index contributed by atoms with van der Waals surface area (Å²) in [6.45, 7) is 1.27. The molecule has 118 valence electrons. The molecule has 1 N–H and O–H groups in total. The average molecular weight is 310 g/mol. The predicted octanol–water partition coefficient (Wildman–Crippen LogP) is 2.87. The van der Waals surface area contributed by atoms with Crippen LogP contribution in [0.4, 0.5) is 14.6 Å². The minimum Gasteiger partial charge on any atom is -0.472 e. The van der Waals surface area contributed by atoms with Crippen LogP contribution in [0.1, 0.15) is 19.5 Å². The average Bonchev–Trinajstić information content (AvgIpc) is 2.47. The summed E-state index contributed by atoms with van der Waals surface area (Å²) >= 11 is 0. The second kappa shape index (κ2) is 7.48. The van der Waals surface area contributed by atoms with E-state index in [2.05, 4.69) is 25.0 Å². The topological polar surface area (TPSA) is 69.2 Å². The number of pyridine rings is 1. The van der Waals surface area contributed by atoms with Gasteiger partial charge in [0.15, 0.2) is 5.82 Å². The van der Waals surface area contributed by atoms with Gasteiger partial charge in [0.05, 0.1) is 24.5 Å². The van der Waals surface area contributed by atoms with E-state index < -0.39 is 6.61 Å². The van der Waals surface area contributed by atoms with Gasteiger partial charge in [0.2, 0.25) is 0 Å². The number of nitrogens with zero attached hydrogens (tertiary/aromatic N) is 3. The molecular formula is C14H16F2N4O2. The second-order valence-corrected chi connectivity index (χ2v) is 4.59. The molecule has 2 heterocycles. The third-order valence-corrected chi connectivity index (χ3v) is 2.47. The molecule has 0 unspecified atom stereocenters. The highest BCUT2D eigenvalue weighted by Crippen LogP contribution is 2.20. The van der Waals surface area contributed by atoms with Crippen molar-refractivity contribution in [1.82, 2.24) is 15.0 Å². The smallest absolute Gasteiger partial charge is 0.387 e. The van der Waals surface area contributed by atoms with Gasteiger partial charge in [-0.25, -0.2) is 9.97 Å². The fourth-order valence-corrected chi connectivity index (χ4v) is 1.62. The van der Waals surface area contributed by atoms with Crippen LogP contribution in [0.15, 0.2) is 30.7 Å². The molecule has 0 saturated carbocycles. The van der Waals surface area contributed by atoms with Gasteiger partial charge in [-0.15, -0.1) is 0 Å². The van der Waals surface area contributed by atoms with Crippen molar-refractivity contribution in [3.8, 4) is 11.6 Å². The number of ether oxygens (including phenoxy) is 2. The molecule has 0 aliphatic heterocycles. The lowest BCUT2D eigenvalue weighted by Gasteiger charge is -2.13. The molecule has 0 aromatic carbocycles. The van der Waals surface area contributed by atoms with E-state index in [1.54, 1.807) is 12.3 Å². The number of halogens is 2. The lowest BCUT2D eigenvalue weighted by atomic mass is 10.3. The molecule has 22 heavy (non-hydrogen) atoms. The monoisotopic (exact) mass is 310 g/mol. The van der Waals surface area contributed by atoms with Crippen molar-refractivity contribution in [2.45, 2.75) is 33.1 Å². The number of hydrogen-bond donors (Lipinski definition) is 1. The van der Waals surface area contributed by atoms with Gasteiger partial charge < -0.3 is 14.8 Å². The minimum absolute atomic E-state index is 0.0158. The van der Waals surface area contributed by atoms with Crippen LogP contribution in [-0.4, -0.2) is 27.7 Å². The summed E-state index contributed by atoms with van der Waals surface area (Å²) in [7, 11) is 0. The van der Waals surface area contributed by atoms with Gasteiger partial charge in [-0.2, -0.15) is 8.78 Å². The Balaban J connectivity index is 1.98. The lowest BCUT2D eigenvalue weighted by molar-refractivity contribution is -0.0500. The summed E-state index contributed by atoms with van der Waals surface area (Å²) in [6, 6.07) is 3.02. The van der Waals surface area contributed by atoms with Crippen LogP contribution in [-0.2, 0) is 6.54 Å². The normalized spacial score (nSPS) is 10.8. The van der Waals surface area contributed by atoms with E-state index in [4.69, 9.17) is 4.74 Å². The van der Waals surface area contributed by atoms with Gasteiger partial charge in [-0.1, -0.05) is 0 Å². The van der Waals surface area contributed by atoms with E-state index in [1.165, 1.54) is 18.5 Å². The van der Waals surface area contributed by atoms with Crippen molar-refractivity contribution in [3.05, 3.63) is 36.4 Å². The first-order valence-electron chi connectivity index (χ1n) is 6.66. The van der Waals surface area contributed by atoms with E-state index in [1.807, 2.05) is 13.8 Å². The molecule has 0 fully saturated rings. The SMILES string of the molecule is CC(C)Oc1nccnc1NCc1ccc(OC(F)F)cn1. The first-order chi connectivity index (χ1) is 10.5. The number of aromatic nitrogens is 3. The number of anilines is 1. The fourth-order valence-electron chi connectivity index (χ4n) is 1.62. The highest BCUT2D eigenvalue weighted by molar-refractivity contribution is 5.44. The molecule has 8 heteroatoms. The zero-order valence-electron chi connectivity index (χ0n) is 12.2. The maximum atomic E-state index is 12.0. The number of rotatable bonds is 7. The quantitative estimate of drug-likeness (QED) is 0.848. The van der Waals surface area contributed by atoms with Gasteiger partial charge in [0.1, 0.15) is 5.75 Å². The lowest BCUT2D eigenvalue weighted by Crippen LogP contribution is -2.11. The Bertz CT molecular complexity index is 594. The summed E-state index contributed by atoms with van der Waals surface area (Å²) in [4.78, 5) is 12.3.